The molecule has 0 heterocycles. The average molecular weight is 701 g/mol. The topological polar surface area (TPSA) is 60.7 Å². The molecule has 3 aromatic rings. The highest BCUT2D eigenvalue weighted by Gasteiger charge is 2.65. The zero-order chi connectivity index (χ0) is 35.8. The van der Waals surface area contributed by atoms with E-state index in [9.17, 15) is 15.3 Å². The molecular formula is C49H64O3. The molecule has 278 valence electrons. The summed E-state index contributed by atoms with van der Waals surface area (Å²) in [4.78, 5) is 0. The molecule has 7 aliphatic carbocycles. The van der Waals surface area contributed by atoms with Crippen LogP contribution in [0.5, 0.6) is 17.2 Å². The molecule has 52 heavy (non-hydrogen) atoms. The van der Waals surface area contributed by atoms with Gasteiger partial charge in [0.15, 0.2) is 0 Å². The molecule has 10 rings (SSSR count). The van der Waals surface area contributed by atoms with Crippen LogP contribution in [-0.4, -0.2) is 15.3 Å². The molecule has 4 bridgehead atoms. The van der Waals surface area contributed by atoms with Crippen molar-refractivity contribution in [1.82, 2.24) is 0 Å². The highest BCUT2D eigenvalue weighted by molar-refractivity contribution is 5.55. The van der Waals surface area contributed by atoms with Crippen molar-refractivity contribution in [3.63, 3.8) is 0 Å². The molecule has 3 heteroatoms. The van der Waals surface area contributed by atoms with Crippen LogP contribution >= 0.6 is 0 Å². The van der Waals surface area contributed by atoms with Gasteiger partial charge in [-0.2, -0.15) is 0 Å². The third-order valence-corrected chi connectivity index (χ3v) is 16.0. The highest BCUT2D eigenvalue weighted by Crippen LogP contribution is 2.72. The Morgan fingerprint density at radius 3 is 0.942 bits per heavy atom. The number of benzene rings is 3. The maximum Gasteiger partial charge on any atom is 0.119 e. The van der Waals surface area contributed by atoms with E-state index in [0.717, 1.165) is 19.3 Å². The Hall–Kier alpha value is -2.94. The first-order valence-corrected chi connectivity index (χ1v) is 21.6. The standard InChI is InChI=1S/C49H64O3/c1-31-19-44(50)38(35-13-7-4-8-14-35)22-41(31)47-25-34-26-48(28-47,42-23-39(45(51)20-32(42)2)36-15-9-5-10-16-36)30-49(27-34,29-47)43-24-40(46(52)21-33(43)3)37-17-11-6-12-18-37/h19-24,34-37,50-52H,4-18,25-30H2,1-3H3. The average Bonchev–Trinajstić information content (AvgIpc) is 3.12. The third kappa shape index (κ3) is 5.72. The summed E-state index contributed by atoms with van der Waals surface area (Å²) in [6.45, 7) is 6.83. The molecule has 7 saturated carbocycles. The molecule has 3 aromatic carbocycles. The second-order valence-electron chi connectivity index (χ2n) is 19.5. The largest absolute Gasteiger partial charge is 0.508 e. The molecule has 7 aliphatic rings. The first-order chi connectivity index (χ1) is 25.1. The molecule has 0 spiro atoms. The summed E-state index contributed by atoms with van der Waals surface area (Å²) in [5, 5.41) is 34.5. The number of aromatic hydroxyl groups is 3. The van der Waals surface area contributed by atoms with E-state index in [4.69, 9.17) is 0 Å². The van der Waals surface area contributed by atoms with Gasteiger partial charge in [-0.3, -0.25) is 0 Å². The van der Waals surface area contributed by atoms with E-state index in [0.29, 0.717) is 40.9 Å². The first kappa shape index (κ1) is 34.8. The van der Waals surface area contributed by atoms with Gasteiger partial charge in [-0.15, -0.1) is 0 Å². The monoisotopic (exact) mass is 700 g/mol. The number of hydrogen-bond acceptors (Lipinski definition) is 3. The van der Waals surface area contributed by atoms with Crippen molar-refractivity contribution < 1.29 is 15.3 Å². The second-order valence-corrected chi connectivity index (χ2v) is 19.5. The summed E-state index contributed by atoms with van der Waals surface area (Å²) in [5.74, 6) is 3.53. The Kier molecular flexibility index (Phi) is 8.78. The Morgan fingerprint density at radius 2 is 0.673 bits per heavy atom. The van der Waals surface area contributed by atoms with Crippen molar-refractivity contribution in [3.05, 3.63) is 86.5 Å². The first-order valence-electron chi connectivity index (χ1n) is 21.6. The van der Waals surface area contributed by atoms with Gasteiger partial charge in [0, 0.05) is 0 Å². The van der Waals surface area contributed by atoms with E-state index in [1.807, 2.05) is 0 Å². The van der Waals surface area contributed by atoms with Crippen LogP contribution in [0.3, 0.4) is 0 Å². The van der Waals surface area contributed by atoms with Crippen LogP contribution in [0, 0.1) is 26.7 Å². The van der Waals surface area contributed by atoms with Gasteiger partial charge in [0.25, 0.3) is 0 Å². The minimum atomic E-state index is 0.0191. The molecular weight excluding hydrogens is 637 g/mol. The van der Waals surface area contributed by atoms with Crippen LogP contribution in [0.2, 0.25) is 0 Å². The normalized spacial score (nSPS) is 31.3. The summed E-state index contributed by atoms with van der Waals surface area (Å²) in [6, 6.07) is 14.0. The van der Waals surface area contributed by atoms with Crippen LogP contribution in [-0.2, 0) is 16.2 Å². The Morgan fingerprint density at radius 1 is 0.404 bits per heavy atom. The predicted molar refractivity (Wildman–Crippen MR) is 212 cm³/mol. The second kappa shape index (κ2) is 13.1. The molecule has 3 nitrogen and oxygen atoms in total. The minimum Gasteiger partial charge on any atom is -0.508 e. The lowest BCUT2D eigenvalue weighted by atomic mass is 9.36. The van der Waals surface area contributed by atoms with Gasteiger partial charge in [0.1, 0.15) is 17.2 Å². The van der Waals surface area contributed by atoms with Crippen molar-refractivity contribution in [3.8, 4) is 17.2 Å². The van der Waals surface area contributed by atoms with E-state index in [1.54, 1.807) is 0 Å². The summed E-state index contributed by atoms with van der Waals surface area (Å²) < 4.78 is 0. The molecule has 0 amide bonds. The van der Waals surface area contributed by atoms with Gasteiger partial charge in [-0.05, 0) is 206 Å². The molecule has 0 radical (unpaired) electrons. The van der Waals surface area contributed by atoms with Gasteiger partial charge in [0.2, 0.25) is 0 Å². The molecule has 3 N–H and O–H groups in total. The number of hydrogen-bond donors (Lipinski definition) is 3. The van der Waals surface area contributed by atoms with Crippen LogP contribution in [0.25, 0.3) is 0 Å². The summed E-state index contributed by atoms with van der Waals surface area (Å²) in [7, 11) is 0. The summed E-state index contributed by atoms with van der Waals surface area (Å²) in [5.41, 5.74) is 12.0. The van der Waals surface area contributed by atoms with E-state index >= 15 is 0 Å². The van der Waals surface area contributed by atoms with Crippen molar-refractivity contribution in [2.24, 2.45) is 5.92 Å². The van der Waals surface area contributed by atoms with Crippen molar-refractivity contribution in [2.45, 2.75) is 190 Å². The fourth-order valence-corrected chi connectivity index (χ4v) is 14.4. The van der Waals surface area contributed by atoms with E-state index in [2.05, 4.69) is 57.2 Å². The van der Waals surface area contributed by atoms with Crippen molar-refractivity contribution in [2.75, 3.05) is 0 Å². The van der Waals surface area contributed by atoms with Crippen LogP contribution in [0.1, 0.15) is 203 Å². The lowest BCUT2D eigenvalue weighted by Gasteiger charge is -2.68. The Bertz CT molecular complexity index is 1610. The van der Waals surface area contributed by atoms with Crippen LogP contribution in [0.15, 0.2) is 36.4 Å². The fourth-order valence-electron chi connectivity index (χ4n) is 14.4. The number of phenols is 3. The van der Waals surface area contributed by atoms with Gasteiger partial charge in [0.05, 0.1) is 0 Å². The fraction of sp³-hybridized carbons (Fsp3) is 0.633. The van der Waals surface area contributed by atoms with E-state index in [1.165, 1.54) is 166 Å². The lowest BCUT2D eigenvalue weighted by molar-refractivity contribution is -0.0501. The molecule has 0 aromatic heterocycles. The maximum atomic E-state index is 11.5. The Labute approximate surface area is 313 Å². The van der Waals surface area contributed by atoms with Crippen LogP contribution < -0.4 is 0 Å². The third-order valence-electron chi connectivity index (χ3n) is 16.0. The molecule has 0 unspecified atom stereocenters. The van der Waals surface area contributed by atoms with Crippen LogP contribution in [0.4, 0.5) is 0 Å². The number of phenolic OH excluding ortho intramolecular Hbond substituents is 3. The summed E-state index contributed by atoms with van der Waals surface area (Å²) in [6.07, 6.45) is 25.8. The van der Waals surface area contributed by atoms with Crippen molar-refractivity contribution >= 4 is 0 Å². The minimum absolute atomic E-state index is 0.0191. The zero-order valence-electron chi connectivity index (χ0n) is 32.5. The van der Waals surface area contributed by atoms with Crippen molar-refractivity contribution in [1.29, 1.82) is 0 Å². The van der Waals surface area contributed by atoms with E-state index in [-0.39, 0.29) is 16.2 Å². The smallest absolute Gasteiger partial charge is 0.119 e. The predicted octanol–water partition coefficient (Wildman–Crippen LogP) is 13.0. The SMILES string of the molecule is Cc1cc(O)c(C2CCCCC2)cc1C12CC3CC(c4cc(C5CCCCC5)c(O)cc4C)(C1)CC(c1cc(C4CCCCC4)c(O)cc1C)(C3)C2. The molecule has 7 fully saturated rings. The highest BCUT2D eigenvalue weighted by atomic mass is 16.3. The molecule has 0 atom stereocenters. The van der Waals surface area contributed by atoms with Gasteiger partial charge in [-0.1, -0.05) is 76.0 Å². The van der Waals surface area contributed by atoms with Gasteiger partial charge >= 0.3 is 0 Å². The Balaban J connectivity index is 1.23. The lowest BCUT2D eigenvalue weighted by Crippen LogP contribution is -2.62. The maximum absolute atomic E-state index is 11.5. The number of rotatable bonds is 6. The van der Waals surface area contributed by atoms with Gasteiger partial charge in [-0.25, -0.2) is 0 Å². The summed E-state index contributed by atoms with van der Waals surface area (Å²) >= 11 is 0. The quantitative estimate of drug-likeness (QED) is 0.240. The van der Waals surface area contributed by atoms with E-state index < -0.39 is 0 Å². The zero-order valence-corrected chi connectivity index (χ0v) is 32.5. The van der Waals surface area contributed by atoms with Gasteiger partial charge < -0.3 is 15.3 Å². The molecule has 0 aliphatic heterocycles. The number of aryl methyl sites for hydroxylation is 3. The molecule has 0 saturated heterocycles.